The van der Waals surface area contributed by atoms with Gasteiger partial charge < -0.3 is 15.8 Å². The fourth-order valence-electron chi connectivity index (χ4n) is 1.39. The lowest BCUT2D eigenvalue weighted by atomic mass is 10.1. The SMILES string of the molecule is COc1ccc(C(=O)NCCCSC)c(N)c1. The van der Waals surface area contributed by atoms with Crippen LogP contribution < -0.4 is 15.8 Å². The topological polar surface area (TPSA) is 64.3 Å². The smallest absolute Gasteiger partial charge is 0.253 e. The van der Waals surface area contributed by atoms with E-state index in [1.807, 2.05) is 6.26 Å². The van der Waals surface area contributed by atoms with E-state index < -0.39 is 0 Å². The molecule has 0 fully saturated rings. The van der Waals surface area contributed by atoms with Gasteiger partial charge in [-0.25, -0.2) is 0 Å². The molecule has 17 heavy (non-hydrogen) atoms. The largest absolute Gasteiger partial charge is 0.497 e. The number of amides is 1. The Balaban J connectivity index is 2.57. The molecule has 1 aromatic carbocycles. The molecule has 0 radical (unpaired) electrons. The maximum absolute atomic E-state index is 11.8. The summed E-state index contributed by atoms with van der Waals surface area (Å²) in [5.74, 6) is 1.56. The van der Waals surface area contributed by atoms with E-state index in [9.17, 15) is 4.79 Å². The predicted molar refractivity (Wildman–Crippen MR) is 72.7 cm³/mol. The van der Waals surface area contributed by atoms with Crippen LogP contribution in [0.4, 0.5) is 5.69 Å². The summed E-state index contributed by atoms with van der Waals surface area (Å²) in [5.41, 5.74) is 6.72. The fourth-order valence-corrected chi connectivity index (χ4v) is 1.82. The van der Waals surface area contributed by atoms with Crippen LogP contribution in [0, 0.1) is 0 Å². The highest BCUT2D eigenvalue weighted by Gasteiger charge is 2.09. The van der Waals surface area contributed by atoms with Crippen LogP contribution >= 0.6 is 11.8 Å². The third kappa shape index (κ3) is 4.19. The van der Waals surface area contributed by atoms with E-state index in [4.69, 9.17) is 10.5 Å². The van der Waals surface area contributed by atoms with Crippen molar-refractivity contribution in [2.75, 3.05) is 31.4 Å². The van der Waals surface area contributed by atoms with Crippen molar-refractivity contribution in [1.29, 1.82) is 0 Å². The zero-order chi connectivity index (χ0) is 12.7. The number of hydrogen-bond acceptors (Lipinski definition) is 4. The van der Waals surface area contributed by atoms with Gasteiger partial charge in [0.25, 0.3) is 5.91 Å². The van der Waals surface area contributed by atoms with Gasteiger partial charge in [-0.1, -0.05) is 0 Å². The first-order valence-electron chi connectivity index (χ1n) is 5.39. The predicted octanol–water partition coefficient (Wildman–Crippen LogP) is 1.76. The third-order valence-corrected chi connectivity index (χ3v) is 3.01. The summed E-state index contributed by atoms with van der Waals surface area (Å²) in [6.07, 6.45) is 3.01. The molecule has 0 atom stereocenters. The molecule has 4 nitrogen and oxygen atoms in total. The Morgan fingerprint density at radius 1 is 1.53 bits per heavy atom. The highest BCUT2D eigenvalue weighted by atomic mass is 32.2. The summed E-state index contributed by atoms with van der Waals surface area (Å²) >= 11 is 1.76. The van der Waals surface area contributed by atoms with Crippen molar-refractivity contribution in [2.45, 2.75) is 6.42 Å². The molecule has 0 bridgehead atoms. The van der Waals surface area contributed by atoms with Crippen molar-refractivity contribution in [2.24, 2.45) is 0 Å². The van der Waals surface area contributed by atoms with Gasteiger partial charge >= 0.3 is 0 Å². The molecule has 0 heterocycles. The van der Waals surface area contributed by atoms with Crippen molar-refractivity contribution >= 4 is 23.4 Å². The molecule has 0 aromatic heterocycles. The molecule has 0 aliphatic heterocycles. The second kappa shape index (κ2) is 7.06. The second-order valence-corrected chi connectivity index (χ2v) is 4.54. The standard InChI is InChI=1S/C12H18N2O2S/c1-16-9-4-5-10(11(13)8-9)12(15)14-6-3-7-17-2/h4-5,8H,3,6-7,13H2,1-2H3,(H,14,15). The molecule has 3 N–H and O–H groups in total. The van der Waals surface area contributed by atoms with Gasteiger partial charge in [-0.15, -0.1) is 0 Å². The summed E-state index contributed by atoms with van der Waals surface area (Å²) in [5, 5.41) is 2.84. The Labute approximate surface area is 106 Å². The molecule has 1 amide bonds. The van der Waals surface area contributed by atoms with E-state index in [-0.39, 0.29) is 5.91 Å². The van der Waals surface area contributed by atoms with Crippen molar-refractivity contribution < 1.29 is 9.53 Å². The molecular formula is C12H18N2O2S. The normalized spacial score (nSPS) is 10.0. The van der Waals surface area contributed by atoms with Gasteiger partial charge in [0, 0.05) is 18.3 Å². The molecule has 0 spiro atoms. The van der Waals surface area contributed by atoms with E-state index in [0.29, 0.717) is 23.5 Å². The van der Waals surface area contributed by atoms with Gasteiger partial charge in [-0.3, -0.25) is 4.79 Å². The van der Waals surface area contributed by atoms with Crippen LogP contribution in [0.15, 0.2) is 18.2 Å². The van der Waals surface area contributed by atoms with Crippen molar-refractivity contribution in [3.8, 4) is 5.75 Å². The lowest BCUT2D eigenvalue weighted by Gasteiger charge is -2.08. The fraction of sp³-hybridized carbons (Fsp3) is 0.417. The Hall–Kier alpha value is -1.36. The number of rotatable bonds is 6. The van der Waals surface area contributed by atoms with E-state index in [1.54, 1.807) is 37.1 Å². The molecule has 1 aromatic rings. The summed E-state index contributed by atoms with van der Waals surface area (Å²) in [7, 11) is 1.57. The van der Waals surface area contributed by atoms with E-state index in [2.05, 4.69) is 5.32 Å². The average molecular weight is 254 g/mol. The van der Waals surface area contributed by atoms with Crippen LogP contribution in [0.25, 0.3) is 0 Å². The molecule has 0 saturated heterocycles. The number of methoxy groups -OCH3 is 1. The number of nitrogen functional groups attached to an aromatic ring is 1. The maximum atomic E-state index is 11.8. The monoisotopic (exact) mass is 254 g/mol. The summed E-state index contributed by atoms with van der Waals surface area (Å²) in [6, 6.07) is 5.06. The summed E-state index contributed by atoms with van der Waals surface area (Å²) < 4.78 is 5.03. The zero-order valence-electron chi connectivity index (χ0n) is 10.2. The minimum atomic E-state index is -0.133. The Morgan fingerprint density at radius 2 is 2.29 bits per heavy atom. The molecule has 0 aliphatic carbocycles. The van der Waals surface area contributed by atoms with Gasteiger partial charge in [0.15, 0.2) is 0 Å². The van der Waals surface area contributed by atoms with Crippen molar-refractivity contribution in [3.63, 3.8) is 0 Å². The number of carbonyl (C=O) groups excluding carboxylic acids is 1. The molecule has 0 aliphatic rings. The summed E-state index contributed by atoms with van der Waals surface area (Å²) in [4.78, 5) is 11.8. The first-order chi connectivity index (χ1) is 8.19. The van der Waals surface area contributed by atoms with Gasteiger partial charge in [-0.2, -0.15) is 11.8 Å². The molecular weight excluding hydrogens is 236 g/mol. The van der Waals surface area contributed by atoms with Crippen LogP contribution in [-0.2, 0) is 0 Å². The highest BCUT2D eigenvalue weighted by Crippen LogP contribution is 2.19. The number of nitrogens with one attached hydrogen (secondary N) is 1. The van der Waals surface area contributed by atoms with Crippen molar-refractivity contribution in [3.05, 3.63) is 23.8 Å². The number of carbonyl (C=O) groups is 1. The number of hydrogen-bond donors (Lipinski definition) is 2. The quantitative estimate of drug-likeness (QED) is 0.600. The van der Waals surface area contributed by atoms with Gasteiger partial charge in [0.05, 0.1) is 12.7 Å². The molecule has 0 unspecified atom stereocenters. The molecule has 5 heteroatoms. The molecule has 94 valence electrons. The average Bonchev–Trinajstić information content (AvgIpc) is 2.34. The van der Waals surface area contributed by atoms with Gasteiger partial charge in [-0.05, 0) is 30.6 Å². The Morgan fingerprint density at radius 3 is 2.88 bits per heavy atom. The maximum Gasteiger partial charge on any atom is 0.253 e. The Kier molecular flexibility index (Phi) is 5.69. The number of ether oxygens (including phenoxy) is 1. The molecule has 0 saturated carbocycles. The minimum absolute atomic E-state index is 0.133. The number of anilines is 1. The number of nitrogens with two attached hydrogens (primary N) is 1. The van der Waals surface area contributed by atoms with Crippen molar-refractivity contribution in [1.82, 2.24) is 5.32 Å². The second-order valence-electron chi connectivity index (χ2n) is 3.56. The van der Waals surface area contributed by atoms with Crippen LogP contribution in [0.5, 0.6) is 5.75 Å². The Bertz CT molecular complexity index is 383. The van der Waals surface area contributed by atoms with Crippen LogP contribution in [-0.4, -0.2) is 31.6 Å². The van der Waals surface area contributed by atoms with Gasteiger partial charge in [0.1, 0.15) is 5.75 Å². The zero-order valence-corrected chi connectivity index (χ0v) is 11.0. The lowest BCUT2D eigenvalue weighted by molar-refractivity contribution is 0.0954. The summed E-state index contributed by atoms with van der Waals surface area (Å²) in [6.45, 7) is 0.672. The lowest BCUT2D eigenvalue weighted by Crippen LogP contribution is -2.25. The van der Waals surface area contributed by atoms with E-state index >= 15 is 0 Å². The number of thioether (sulfide) groups is 1. The minimum Gasteiger partial charge on any atom is -0.497 e. The number of benzene rings is 1. The van der Waals surface area contributed by atoms with Crippen LogP contribution in [0.2, 0.25) is 0 Å². The van der Waals surface area contributed by atoms with E-state index in [1.165, 1.54) is 0 Å². The third-order valence-electron chi connectivity index (χ3n) is 2.31. The highest BCUT2D eigenvalue weighted by molar-refractivity contribution is 7.98. The van der Waals surface area contributed by atoms with Crippen LogP contribution in [0.3, 0.4) is 0 Å². The van der Waals surface area contributed by atoms with Gasteiger partial charge in [0.2, 0.25) is 0 Å². The first kappa shape index (κ1) is 13.7. The van der Waals surface area contributed by atoms with E-state index in [0.717, 1.165) is 12.2 Å². The van der Waals surface area contributed by atoms with Crippen LogP contribution in [0.1, 0.15) is 16.8 Å². The first-order valence-corrected chi connectivity index (χ1v) is 6.79. The molecule has 1 rings (SSSR count).